The fourth-order valence-electron chi connectivity index (χ4n) is 5.41. The van der Waals surface area contributed by atoms with E-state index in [1.165, 1.54) is 12.8 Å². The fourth-order valence-corrected chi connectivity index (χ4v) is 5.41. The molecule has 0 amide bonds. The second-order valence-corrected chi connectivity index (χ2v) is 7.41. The summed E-state index contributed by atoms with van der Waals surface area (Å²) in [5, 5.41) is 0. The van der Waals surface area contributed by atoms with Crippen molar-refractivity contribution in [1.29, 1.82) is 0 Å². The van der Waals surface area contributed by atoms with E-state index in [1.54, 1.807) is 0 Å². The molecule has 0 heteroatoms. The third-order valence-corrected chi connectivity index (χ3v) is 6.70. The molecule has 0 nitrogen and oxygen atoms in total. The molecule has 0 aliphatic heterocycles. The largest absolute Gasteiger partial charge is 0.0625 e. The molecule has 0 spiro atoms. The first-order chi connectivity index (χ1) is 6.72. The van der Waals surface area contributed by atoms with Crippen molar-refractivity contribution in [2.24, 2.45) is 34.0 Å². The van der Waals surface area contributed by atoms with Crippen LogP contribution < -0.4 is 0 Å². The first-order valence-corrected chi connectivity index (χ1v) is 6.72. The molecule has 0 radical (unpaired) electrons. The molecule has 15 heavy (non-hydrogen) atoms. The maximum atomic E-state index is 2.57. The Kier molecular flexibility index (Phi) is 2.15. The molecule has 0 saturated heterocycles. The molecule has 4 atom stereocenters. The van der Waals surface area contributed by atoms with Gasteiger partial charge in [-0.05, 0) is 46.8 Å². The van der Waals surface area contributed by atoms with E-state index < -0.39 is 0 Å². The van der Waals surface area contributed by atoms with Crippen molar-refractivity contribution in [3.63, 3.8) is 0 Å². The minimum atomic E-state index is 0.580. The van der Waals surface area contributed by atoms with Crippen molar-refractivity contribution in [3.8, 4) is 0 Å². The summed E-state index contributed by atoms with van der Waals surface area (Å²) in [5.41, 5.74) is 1.85. The lowest BCUT2D eigenvalue weighted by molar-refractivity contribution is 0.0931. The van der Waals surface area contributed by atoms with Gasteiger partial charge in [-0.15, -0.1) is 0 Å². The summed E-state index contributed by atoms with van der Waals surface area (Å²) in [7, 11) is 0. The smallest absolute Gasteiger partial charge is 0.0177 e. The summed E-state index contributed by atoms with van der Waals surface area (Å²) >= 11 is 0. The van der Waals surface area contributed by atoms with Crippen molar-refractivity contribution in [3.05, 3.63) is 0 Å². The van der Waals surface area contributed by atoms with Crippen molar-refractivity contribution < 1.29 is 0 Å². The number of hydrogen-bond donors (Lipinski definition) is 0. The van der Waals surface area contributed by atoms with E-state index >= 15 is 0 Å². The molecule has 0 heterocycles. The zero-order valence-corrected chi connectivity index (χ0v) is 11.6. The van der Waals surface area contributed by atoms with Gasteiger partial charge in [-0.1, -0.05) is 48.5 Å². The molecule has 2 unspecified atom stereocenters. The first-order valence-electron chi connectivity index (χ1n) is 6.72. The molecule has 0 N–H and O–H groups in total. The molecule has 2 fully saturated rings. The standard InChI is InChI=1S/C15H28/c1-10(2)12-14(6)9-8-13(5,11(3)4)15(12,14)7/h10-12H,8-9H2,1-7H3/t12-,13-,14?,15?/m0/s1. The van der Waals surface area contributed by atoms with Crippen molar-refractivity contribution in [2.75, 3.05) is 0 Å². The van der Waals surface area contributed by atoms with Gasteiger partial charge in [-0.3, -0.25) is 0 Å². The molecule has 2 aliphatic carbocycles. The van der Waals surface area contributed by atoms with Gasteiger partial charge in [0.25, 0.3) is 0 Å². The first kappa shape index (κ1) is 11.5. The van der Waals surface area contributed by atoms with Crippen LogP contribution in [0.25, 0.3) is 0 Å². The Bertz CT molecular complexity index is 278. The Labute approximate surface area is 95.8 Å². The molecule has 2 aliphatic rings. The number of hydrogen-bond acceptors (Lipinski definition) is 0. The fraction of sp³-hybridized carbons (Fsp3) is 1.00. The summed E-state index contributed by atoms with van der Waals surface area (Å²) in [4.78, 5) is 0. The lowest BCUT2D eigenvalue weighted by Crippen LogP contribution is -2.32. The van der Waals surface area contributed by atoms with Crippen molar-refractivity contribution >= 4 is 0 Å². The molecule has 2 saturated carbocycles. The average Bonchev–Trinajstić information content (AvgIpc) is 2.53. The quantitative estimate of drug-likeness (QED) is 0.615. The Hall–Kier alpha value is 0. The molecular formula is C15H28. The highest BCUT2D eigenvalue weighted by molar-refractivity contribution is 5.28. The highest BCUT2D eigenvalue weighted by Gasteiger charge is 2.80. The second-order valence-electron chi connectivity index (χ2n) is 7.41. The average molecular weight is 208 g/mol. The Morgan fingerprint density at radius 2 is 1.47 bits per heavy atom. The van der Waals surface area contributed by atoms with Gasteiger partial charge < -0.3 is 0 Å². The Morgan fingerprint density at radius 3 is 1.80 bits per heavy atom. The van der Waals surface area contributed by atoms with Gasteiger partial charge in [-0.25, -0.2) is 0 Å². The summed E-state index contributed by atoms with van der Waals surface area (Å²) in [6.45, 7) is 17.3. The van der Waals surface area contributed by atoms with Gasteiger partial charge in [0.1, 0.15) is 0 Å². The highest BCUT2D eigenvalue weighted by Crippen LogP contribution is 2.86. The minimum absolute atomic E-state index is 0.580. The SMILES string of the molecule is CC(C)[C@H]1C2(C)CC[C@@](C)(C(C)C)C12C. The molecule has 0 aromatic carbocycles. The van der Waals surface area contributed by atoms with Crippen LogP contribution >= 0.6 is 0 Å². The van der Waals surface area contributed by atoms with Crippen LogP contribution in [-0.2, 0) is 0 Å². The monoisotopic (exact) mass is 208 g/mol. The van der Waals surface area contributed by atoms with Crippen molar-refractivity contribution in [2.45, 2.75) is 61.3 Å². The van der Waals surface area contributed by atoms with Gasteiger partial charge in [0.2, 0.25) is 0 Å². The Balaban J connectivity index is 2.37. The minimum Gasteiger partial charge on any atom is -0.0625 e. The zero-order chi connectivity index (χ0) is 11.6. The summed E-state index contributed by atoms with van der Waals surface area (Å²) in [6.07, 6.45) is 2.90. The third kappa shape index (κ3) is 0.996. The molecule has 0 bridgehead atoms. The van der Waals surface area contributed by atoms with Crippen LogP contribution in [0.5, 0.6) is 0 Å². The molecule has 88 valence electrons. The third-order valence-electron chi connectivity index (χ3n) is 6.70. The van der Waals surface area contributed by atoms with E-state index in [4.69, 9.17) is 0 Å². The van der Waals surface area contributed by atoms with E-state index in [0.29, 0.717) is 16.2 Å². The lowest BCUT2D eigenvalue weighted by Gasteiger charge is -2.39. The normalized spacial score (nSPS) is 53.8. The van der Waals surface area contributed by atoms with Crippen LogP contribution in [0.15, 0.2) is 0 Å². The number of fused-ring (bicyclic) bond motifs is 1. The van der Waals surface area contributed by atoms with Gasteiger partial charge in [0.05, 0.1) is 0 Å². The van der Waals surface area contributed by atoms with E-state index in [2.05, 4.69) is 48.5 Å². The predicted molar refractivity (Wildman–Crippen MR) is 66.7 cm³/mol. The van der Waals surface area contributed by atoms with Gasteiger partial charge in [0, 0.05) is 0 Å². The van der Waals surface area contributed by atoms with E-state index in [-0.39, 0.29) is 0 Å². The Morgan fingerprint density at radius 1 is 0.933 bits per heavy atom. The van der Waals surface area contributed by atoms with Crippen LogP contribution in [0.1, 0.15) is 61.3 Å². The topological polar surface area (TPSA) is 0 Å². The van der Waals surface area contributed by atoms with E-state index in [0.717, 1.165) is 17.8 Å². The van der Waals surface area contributed by atoms with Gasteiger partial charge in [-0.2, -0.15) is 0 Å². The van der Waals surface area contributed by atoms with Crippen molar-refractivity contribution in [1.82, 2.24) is 0 Å². The lowest BCUT2D eigenvalue weighted by atomic mass is 9.65. The second kappa shape index (κ2) is 2.81. The predicted octanol–water partition coefficient (Wildman–Crippen LogP) is 4.74. The highest BCUT2D eigenvalue weighted by atomic mass is 14.8. The maximum absolute atomic E-state index is 2.57. The number of rotatable bonds is 2. The van der Waals surface area contributed by atoms with Crippen LogP contribution in [-0.4, -0.2) is 0 Å². The summed E-state index contributed by atoms with van der Waals surface area (Å²) < 4.78 is 0. The van der Waals surface area contributed by atoms with Crippen LogP contribution in [0.4, 0.5) is 0 Å². The van der Waals surface area contributed by atoms with E-state index in [1.807, 2.05) is 0 Å². The zero-order valence-electron chi connectivity index (χ0n) is 11.6. The van der Waals surface area contributed by atoms with Crippen LogP contribution in [0.2, 0.25) is 0 Å². The molecule has 2 rings (SSSR count). The van der Waals surface area contributed by atoms with Gasteiger partial charge in [0.15, 0.2) is 0 Å². The summed E-state index contributed by atoms with van der Waals surface area (Å²) in [5.74, 6) is 2.65. The molecular weight excluding hydrogens is 180 g/mol. The maximum Gasteiger partial charge on any atom is -0.0177 e. The van der Waals surface area contributed by atoms with Crippen LogP contribution in [0, 0.1) is 34.0 Å². The van der Waals surface area contributed by atoms with E-state index in [9.17, 15) is 0 Å². The van der Waals surface area contributed by atoms with Crippen LogP contribution in [0.3, 0.4) is 0 Å². The summed E-state index contributed by atoms with van der Waals surface area (Å²) in [6, 6.07) is 0. The molecule has 0 aromatic rings. The molecule has 0 aromatic heterocycles. The van der Waals surface area contributed by atoms with Gasteiger partial charge >= 0.3 is 0 Å².